The molecule has 0 saturated heterocycles. The Morgan fingerprint density at radius 2 is 1.41 bits per heavy atom. The summed E-state index contributed by atoms with van der Waals surface area (Å²) in [6, 6.07) is 0. The minimum atomic E-state index is -2.13. The molecule has 0 bridgehead atoms. The number of carboxylic acids is 1. The van der Waals surface area contributed by atoms with Crippen molar-refractivity contribution in [3.63, 3.8) is 0 Å². The van der Waals surface area contributed by atoms with Gasteiger partial charge in [-0.25, -0.2) is 9.59 Å². The molecule has 0 aromatic heterocycles. The predicted molar refractivity (Wildman–Crippen MR) is 77.2 cm³/mol. The van der Waals surface area contributed by atoms with E-state index in [-0.39, 0.29) is 19.8 Å². The van der Waals surface area contributed by atoms with E-state index in [4.69, 9.17) is 30.3 Å². The number of carbonyl (C=O) groups excluding carboxylic acids is 1. The first-order chi connectivity index (χ1) is 10.3. The van der Waals surface area contributed by atoms with Crippen LogP contribution in [0.5, 0.6) is 0 Å². The van der Waals surface area contributed by atoms with Crippen molar-refractivity contribution in [2.45, 2.75) is 39.4 Å². The molecule has 0 heterocycles. The average Bonchev–Trinajstić information content (AvgIpc) is 2.52. The Bertz CT molecular complexity index is 254. The van der Waals surface area contributed by atoms with E-state index in [0.29, 0.717) is 6.42 Å². The normalized spacial score (nSPS) is 12.0. The number of aliphatic hydroxyl groups excluding tert-OH is 4. The molecule has 0 spiro atoms. The maximum Gasteiger partial charge on any atom is 0.338 e. The van der Waals surface area contributed by atoms with Gasteiger partial charge in [0.2, 0.25) is 0 Å². The third-order valence-corrected chi connectivity index (χ3v) is 1.75. The monoisotopic (exact) mass is 328 g/mol. The van der Waals surface area contributed by atoms with Crippen LogP contribution in [0.25, 0.3) is 0 Å². The molecule has 22 heavy (non-hydrogen) atoms. The van der Waals surface area contributed by atoms with Crippen LogP contribution < -0.4 is 0 Å². The lowest BCUT2D eigenvalue weighted by atomic mass is 10.2. The van der Waals surface area contributed by atoms with Gasteiger partial charge in [-0.3, -0.25) is 0 Å². The number of carboxylic acid groups (broad SMARTS) is 1. The second kappa shape index (κ2) is 19.7. The van der Waals surface area contributed by atoms with E-state index in [1.807, 2.05) is 13.8 Å². The van der Waals surface area contributed by atoms with Crippen LogP contribution in [0.15, 0.2) is 0 Å². The Balaban J connectivity index is -0.000000330. The molecule has 0 saturated carbocycles. The smallest absolute Gasteiger partial charge is 0.338 e. The second-order valence-electron chi connectivity index (χ2n) is 3.62. The summed E-state index contributed by atoms with van der Waals surface area (Å²) in [4.78, 5) is 20.9. The number of aliphatic hydroxyl groups is 4. The van der Waals surface area contributed by atoms with Gasteiger partial charge in [0.15, 0.2) is 12.2 Å². The summed E-state index contributed by atoms with van der Waals surface area (Å²) < 4.78 is 9.25. The van der Waals surface area contributed by atoms with E-state index in [1.165, 1.54) is 0 Å². The molecule has 0 aliphatic heterocycles. The van der Waals surface area contributed by atoms with Gasteiger partial charge < -0.3 is 35.0 Å². The quantitative estimate of drug-likeness (QED) is 0.344. The SMILES string of the molecule is CCCOC(=O)C(O)C(O)C(=O)O.CCOCC.OCCO. The second-order valence-corrected chi connectivity index (χ2v) is 3.62. The molecule has 0 rings (SSSR count). The fourth-order valence-corrected chi connectivity index (χ4v) is 0.756. The third kappa shape index (κ3) is 18.7. The lowest BCUT2D eigenvalue weighted by molar-refractivity contribution is -0.169. The number of rotatable bonds is 8. The maximum atomic E-state index is 10.8. The van der Waals surface area contributed by atoms with Gasteiger partial charge in [-0.1, -0.05) is 6.92 Å². The van der Waals surface area contributed by atoms with Crippen molar-refractivity contribution in [2.24, 2.45) is 0 Å². The highest BCUT2D eigenvalue weighted by Crippen LogP contribution is 1.97. The zero-order valence-electron chi connectivity index (χ0n) is 13.3. The first kappa shape index (κ1) is 25.7. The molecule has 134 valence electrons. The number of hydrogen-bond donors (Lipinski definition) is 5. The fraction of sp³-hybridized carbons (Fsp3) is 0.846. The molecule has 0 amide bonds. The number of carbonyl (C=O) groups is 2. The summed E-state index contributed by atoms with van der Waals surface area (Å²) in [5.74, 6) is -2.79. The molecule has 5 N–H and O–H groups in total. The molecular formula is C13H28O9. The largest absolute Gasteiger partial charge is 0.479 e. The fourth-order valence-electron chi connectivity index (χ4n) is 0.756. The van der Waals surface area contributed by atoms with Crippen molar-refractivity contribution in [3.05, 3.63) is 0 Å². The van der Waals surface area contributed by atoms with Gasteiger partial charge in [-0.15, -0.1) is 0 Å². The van der Waals surface area contributed by atoms with E-state index < -0.39 is 24.1 Å². The molecule has 0 radical (unpaired) electrons. The highest BCUT2D eigenvalue weighted by molar-refractivity contribution is 5.84. The highest BCUT2D eigenvalue weighted by atomic mass is 16.5. The third-order valence-electron chi connectivity index (χ3n) is 1.75. The molecular weight excluding hydrogens is 300 g/mol. The first-order valence-electron chi connectivity index (χ1n) is 6.88. The topological polar surface area (TPSA) is 154 Å². The molecule has 9 nitrogen and oxygen atoms in total. The summed E-state index contributed by atoms with van der Waals surface area (Å²) in [5, 5.41) is 41.1. The van der Waals surface area contributed by atoms with Crippen molar-refractivity contribution < 1.29 is 44.6 Å². The molecule has 9 heteroatoms. The molecule has 0 aliphatic rings. The molecule has 0 aromatic rings. The predicted octanol–water partition coefficient (Wildman–Crippen LogP) is -1.24. The van der Waals surface area contributed by atoms with Crippen molar-refractivity contribution in [3.8, 4) is 0 Å². The number of esters is 1. The van der Waals surface area contributed by atoms with Crippen molar-refractivity contribution in [1.82, 2.24) is 0 Å². The van der Waals surface area contributed by atoms with Gasteiger partial charge in [0.25, 0.3) is 0 Å². The lowest BCUT2D eigenvalue weighted by Crippen LogP contribution is -2.40. The van der Waals surface area contributed by atoms with Crippen LogP contribution in [0.1, 0.15) is 27.2 Å². The van der Waals surface area contributed by atoms with Gasteiger partial charge in [0.1, 0.15) is 0 Å². The summed E-state index contributed by atoms with van der Waals surface area (Å²) in [5.41, 5.74) is 0. The Kier molecular flexibility index (Phi) is 23.0. The van der Waals surface area contributed by atoms with Gasteiger partial charge in [0, 0.05) is 13.2 Å². The molecule has 0 aromatic carbocycles. The molecule has 0 fully saturated rings. The molecule has 0 aliphatic carbocycles. The Morgan fingerprint density at radius 3 is 1.64 bits per heavy atom. The van der Waals surface area contributed by atoms with E-state index in [9.17, 15) is 9.59 Å². The van der Waals surface area contributed by atoms with Gasteiger partial charge in [0.05, 0.1) is 19.8 Å². The zero-order chi connectivity index (χ0) is 18.0. The summed E-state index contributed by atoms with van der Waals surface area (Å²) >= 11 is 0. The van der Waals surface area contributed by atoms with E-state index in [1.54, 1.807) is 6.92 Å². The van der Waals surface area contributed by atoms with Crippen LogP contribution in [0, 0.1) is 0 Å². The minimum Gasteiger partial charge on any atom is -0.479 e. The van der Waals surface area contributed by atoms with Crippen LogP contribution in [-0.2, 0) is 19.1 Å². The highest BCUT2D eigenvalue weighted by Gasteiger charge is 2.31. The van der Waals surface area contributed by atoms with E-state index in [0.717, 1.165) is 13.2 Å². The van der Waals surface area contributed by atoms with Gasteiger partial charge >= 0.3 is 11.9 Å². The Labute approximate surface area is 130 Å². The summed E-state index contributed by atoms with van der Waals surface area (Å²) in [6.45, 7) is 7.25. The number of ether oxygens (including phenoxy) is 2. The maximum absolute atomic E-state index is 10.8. The standard InChI is InChI=1S/C7H12O6.C4H10O.C2H6O2/c1-2-3-13-7(12)5(9)4(8)6(10)11;1-3-5-4-2;3-1-2-4/h4-5,8-9H,2-3H2,1H3,(H,10,11);3-4H2,1-2H3;3-4H,1-2H2. The average molecular weight is 328 g/mol. The van der Waals surface area contributed by atoms with E-state index >= 15 is 0 Å². The first-order valence-corrected chi connectivity index (χ1v) is 6.88. The van der Waals surface area contributed by atoms with Crippen LogP contribution >= 0.6 is 0 Å². The minimum absolute atomic E-state index is 0.0855. The summed E-state index contributed by atoms with van der Waals surface area (Å²) in [6.07, 6.45) is -3.60. The number of aliphatic carboxylic acids is 1. The zero-order valence-corrected chi connectivity index (χ0v) is 13.3. The van der Waals surface area contributed by atoms with Gasteiger partial charge in [-0.05, 0) is 20.3 Å². The molecule has 2 atom stereocenters. The van der Waals surface area contributed by atoms with Crippen molar-refractivity contribution in [1.29, 1.82) is 0 Å². The van der Waals surface area contributed by atoms with Crippen LogP contribution in [0.2, 0.25) is 0 Å². The lowest BCUT2D eigenvalue weighted by Gasteiger charge is -2.12. The van der Waals surface area contributed by atoms with Crippen LogP contribution in [0.3, 0.4) is 0 Å². The Morgan fingerprint density at radius 1 is 0.955 bits per heavy atom. The van der Waals surface area contributed by atoms with Crippen molar-refractivity contribution >= 4 is 11.9 Å². The Hall–Kier alpha value is -1.26. The number of hydrogen-bond acceptors (Lipinski definition) is 8. The van der Waals surface area contributed by atoms with Crippen molar-refractivity contribution in [2.75, 3.05) is 33.0 Å². The summed E-state index contributed by atoms with van der Waals surface area (Å²) in [7, 11) is 0. The van der Waals surface area contributed by atoms with Crippen LogP contribution in [0.4, 0.5) is 0 Å². The van der Waals surface area contributed by atoms with Gasteiger partial charge in [-0.2, -0.15) is 0 Å². The van der Waals surface area contributed by atoms with E-state index in [2.05, 4.69) is 4.74 Å². The van der Waals surface area contributed by atoms with Crippen LogP contribution in [-0.4, -0.2) is 82.7 Å². The molecule has 2 unspecified atom stereocenters.